The average Bonchev–Trinajstić information content (AvgIpc) is 3.18. The Morgan fingerprint density at radius 3 is 1.13 bits per heavy atom. The molecule has 0 amide bonds. The molecule has 2 aromatic rings. The van der Waals surface area contributed by atoms with Crippen LogP contribution in [0.1, 0.15) is 70.4 Å². The first kappa shape index (κ1) is 46.2. The quantitative estimate of drug-likeness (QED) is 0.0582. The first-order valence-corrected chi connectivity index (χ1v) is 21.8. The first-order chi connectivity index (χ1) is 26.7. The van der Waals surface area contributed by atoms with Crippen molar-refractivity contribution >= 4 is 25.5 Å². The minimum atomic E-state index is -3.72. The molecule has 0 atom stereocenters. The van der Waals surface area contributed by atoms with Gasteiger partial charge in [0.1, 0.15) is 6.29 Å². The van der Waals surface area contributed by atoms with Crippen molar-refractivity contribution in [1.29, 1.82) is 0 Å². The van der Waals surface area contributed by atoms with E-state index >= 15 is 0 Å². The fourth-order valence-corrected chi connectivity index (χ4v) is 7.43. The summed E-state index contributed by atoms with van der Waals surface area (Å²) in [6.07, 6.45) is 5.14. The van der Waals surface area contributed by atoms with Gasteiger partial charge in [-0.15, -0.1) is 0 Å². The minimum Gasteiger partial charge on any atom is -0.465 e. The van der Waals surface area contributed by atoms with Crippen LogP contribution in [0.25, 0.3) is 0 Å². The smallest absolute Gasteiger partial charge is 0.345 e. The summed E-state index contributed by atoms with van der Waals surface area (Å²) in [5.41, 5.74) is 1.75. The van der Waals surface area contributed by atoms with E-state index in [-0.39, 0.29) is 57.0 Å². The van der Waals surface area contributed by atoms with Gasteiger partial charge in [0.15, 0.2) is 0 Å². The van der Waals surface area contributed by atoms with Crippen LogP contribution in [0.15, 0.2) is 60.7 Å². The Labute approximate surface area is 329 Å². The van der Waals surface area contributed by atoms with Crippen molar-refractivity contribution in [2.45, 2.75) is 72.5 Å². The predicted octanol–water partition coefficient (Wildman–Crippen LogP) is 5.82. The fraction of sp³-hybridized carbons (Fsp3) is 0.634. The van der Waals surface area contributed by atoms with Crippen molar-refractivity contribution in [2.24, 2.45) is 0 Å². The number of ether oxygens (including phenoxy) is 3. The van der Waals surface area contributed by atoms with Crippen molar-refractivity contribution in [3.63, 3.8) is 0 Å². The third-order valence-corrected chi connectivity index (χ3v) is 11.0. The van der Waals surface area contributed by atoms with E-state index in [0.717, 1.165) is 49.7 Å². The Morgan fingerprint density at radius 1 is 0.509 bits per heavy atom. The first-order valence-electron chi connectivity index (χ1n) is 20.0. The Hall–Kier alpha value is -3.16. The van der Waals surface area contributed by atoms with Gasteiger partial charge in [-0.3, -0.25) is 38.5 Å². The van der Waals surface area contributed by atoms with Crippen molar-refractivity contribution in [3.05, 3.63) is 71.8 Å². The van der Waals surface area contributed by atoms with Gasteiger partial charge in [-0.2, -0.15) is 0 Å². The van der Waals surface area contributed by atoms with Crippen molar-refractivity contribution < 1.29 is 42.2 Å². The summed E-state index contributed by atoms with van der Waals surface area (Å²) in [5, 5.41) is 0. The molecule has 0 unspecified atom stereocenters. The van der Waals surface area contributed by atoms with E-state index < -0.39 is 7.60 Å². The van der Waals surface area contributed by atoms with Crippen LogP contribution >= 0.6 is 7.60 Å². The lowest BCUT2D eigenvalue weighted by Crippen LogP contribution is -2.49. The molecule has 0 N–H and O–H groups in total. The van der Waals surface area contributed by atoms with E-state index in [1.54, 1.807) is 0 Å². The summed E-state index contributed by atoms with van der Waals surface area (Å²) in [7, 11) is -3.72. The second kappa shape index (κ2) is 27.4. The summed E-state index contributed by atoms with van der Waals surface area (Å²) >= 11 is 0. The standard InChI is InChI=1S/C41H65N4O9P/c1-4-7-28-50-39(46)31-42-20-22-43(32-40(47)51-29-8-5-2)24-26-45(27-25-44(23-21-42)33-41(48)52-30-9-6-3)36-55(49,53-34-37-16-12-10-13-17-37)54-35-38-18-14-11-15-19-38/h10-19H,4-9,20-36H2,1-3H3. The molecule has 1 saturated heterocycles. The molecule has 0 aromatic heterocycles. The summed E-state index contributed by atoms with van der Waals surface area (Å²) in [6, 6.07) is 19.1. The molecule has 14 heteroatoms. The van der Waals surface area contributed by atoms with Gasteiger partial charge in [0.25, 0.3) is 0 Å². The second-order valence-corrected chi connectivity index (χ2v) is 16.0. The van der Waals surface area contributed by atoms with Gasteiger partial charge in [0.05, 0.1) is 52.7 Å². The SMILES string of the molecule is CCCCOC(=O)CN1CCN(CC(=O)OCCCC)CCN(CP(=O)(OCc2ccccc2)OCc2ccccc2)CCN(CC(=O)OCCCC)CC1. The molecular formula is C41H65N4O9P. The molecule has 1 aliphatic rings. The number of nitrogens with zero attached hydrogens (tertiary/aromatic N) is 4. The van der Waals surface area contributed by atoms with E-state index in [9.17, 15) is 18.9 Å². The van der Waals surface area contributed by atoms with Gasteiger partial charge < -0.3 is 23.3 Å². The van der Waals surface area contributed by atoms with Gasteiger partial charge in [-0.25, -0.2) is 0 Å². The third-order valence-electron chi connectivity index (χ3n) is 9.19. The Kier molecular flexibility index (Phi) is 23.1. The maximum absolute atomic E-state index is 14.6. The van der Waals surface area contributed by atoms with Gasteiger partial charge in [-0.1, -0.05) is 101 Å². The molecule has 1 aliphatic heterocycles. The van der Waals surface area contributed by atoms with Crippen LogP contribution in [0.5, 0.6) is 0 Å². The molecule has 13 nitrogen and oxygen atoms in total. The highest BCUT2D eigenvalue weighted by molar-refractivity contribution is 7.53. The van der Waals surface area contributed by atoms with E-state index in [1.807, 2.05) is 101 Å². The molecule has 0 radical (unpaired) electrons. The number of esters is 3. The maximum Gasteiger partial charge on any atom is 0.345 e. The summed E-state index contributed by atoms with van der Waals surface area (Å²) in [5.74, 6) is -0.925. The third kappa shape index (κ3) is 20.5. The summed E-state index contributed by atoms with van der Waals surface area (Å²) < 4.78 is 43.5. The van der Waals surface area contributed by atoms with Gasteiger partial charge in [0.2, 0.25) is 0 Å². The van der Waals surface area contributed by atoms with Crippen molar-refractivity contribution in [2.75, 3.05) is 98.1 Å². The highest BCUT2D eigenvalue weighted by Crippen LogP contribution is 2.50. The Morgan fingerprint density at radius 2 is 0.818 bits per heavy atom. The number of carbonyl (C=O) groups excluding carboxylic acids is 3. The number of hydrogen-bond donors (Lipinski definition) is 0. The van der Waals surface area contributed by atoms with Crippen LogP contribution in [-0.4, -0.2) is 136 Å². The van der Waals surface area contributed by atoms with E-state index in [2.05, 4.69) is 0 Å². The summed E-state index contributed by atoms with van der Waals surface area (Å²) in [4.78, 5) is 46.8. The van der Waals surface area contributed by atoms with Crippen LogP contribution in [0, 0.1) is 0 Å². The largest absolute Gasteiger partial charge is 0.465 e. The monoisotopic (exact) mass is 788 g/mol. The van der Waals surface area contributed by atoms with Gasteiger partial charge in [-0.05, 0) is 30.4 Å². The zero-order valence-corrected chi connectivity index (χ0v) is 34.3. The van der Waals surface area contributed by atoms with Crippen molar-refractivity contribution in [3.8, 4) is 0 Å². The lowest BCUT2D eigenvalue weighted by molar-refractivity contribution is -0.147. The Balaban J connectivity index is 1.86. The number of rotatable bonds is 23. The fourth-order valence-electron chi connectivity index (χ4n) is 5.73. The van der Waals surface area contributed by atoms with E-state index in [1.165, 1.54) is 0 Å². The van der Waals surface area contributed by atoms with Crippen LogP contribution in [0.4, 0.5) is 0 Å². The normalized spacial score (nSPS) is 15.8. The topological polar surface area (TPSA) is 127 Å². The molecule has 1 heterocycles. The average molecular weight is 789 g/mol. The molecule has 308 valence electrons. The molecule has 0 spiro atoms. The zero-order chi connectivity index (χ0) is 39.6. The molecular weight excluding hydrogens is 723 g/mol. The van der Waals surface area contributed by atoms with Crippen LogP contribution < -0.4 is 0 Å². The van der Waals surface area contributed by atoms with Crippen LogP contribution in [0.3, 0.4) is 0 Å². The van der Waals surface area contributed by atoms with Gasteiger partial charge in [0, 0.05) is 52.4 Å². The lowest BCUT2D eigenvalue weighted by atomic mass is 10.2. The summed E-state index contributed by atoms with van der Waals surface area (Å²) in [6.45, 7) is 11.4. The van der Waals surface area contributed by atoms with Crippen molar-refractivity contribution in [1.82, 2.24) is 19.6 Å². The molecule has 0 saturated carbocycles. The molecule has 0 bridgehead atoms. The molecule has 2 aromatic carbocycles. The predicted molar refractivity (Wildman–Crippen MR) is 213 cm³/mol. The van der Waals surface area contributed by atoms with Crippen LogP contribution in [-0.2, 0) is 55.4 Å². The zero-order valence-electron chi connectivity index (χ0n) is 33.4. The maximum atomic E-state index is 14.6. The number of benzene rings is 2. The second-order valence-electron chi connectivity index (χ2n) is 13.9. The van der Waals surface area contributed by atoms with E-state index in [0.29, 0.717) is 72.2 Å². The molecule has 0 aliphatic carbocycles. The highest BCUT2D eigenvalue weighted by atomic mass is 31.2. The minimum absolute atomic E-state index is 0.00592. The van der Waals surface area contributed by atoms with Crippen LogP contribution in [0.2, 0.25) is 0 Å². The molecule has 55 heavy (non-hydrogen) atoms. The number of hydrogen-bond acceptors (Lipinski definition) is 13. The van der Waals surface area contributed by atoms with E-state index in [4.69, 9.17) is 23.3 Å². The number of carbonyl (C=O) groups is 3. The van der Waals surface area contributed by atoms with Gasteiger partial charge >= 0.3 is 25.5 Å². The molecule has 3 rings (SSSR count). The Bertz CT molecular complexity index is 1320. The lowest BCUT2D eigenvalue weighted by Gasteiger charge is -2.34. The highest BCUT2D eigenvalue weighted by Gasteiger charge is 2.30. The molecule has 1 fully saturated rings. The number of unbranched alkanes of at least 4 members (excludes halogenated alkanes) is 3.